The molecule has 3 atom stereocenters. The molecule has 5 heteroatoms. The van der Waals surface area contributed by atoms with Gasteiger partial charge in [0.05, 0.1) is 5.88 Å². The molecule has 0 aromatic rings. The summed E-state index contributed by atoms with van der Waals surface area (Å²) < 4.78 is 4.46. The Kier molecular flexibility index (Phi) is 2.13. The van der Waals surface area contributed by atoms with Crippen LogP contribution in [0, 0.1) is 0 Å². The standard InChI is InChI=1S/C5H7ClO4/c6-1-2-3(7)4(8)5(9)10-2/h2-4,7-8H,1H2/t2-,3-,4-/m1/s1. The number of cyclic esters (lactones) is 1. The van der Waals surface area contributed by atoms with Gasteiger partial charge in [-0.25, -0.2) is 4.79 Å². The quantitative estimate of drug-likeness (QED) is 0.382. The Morgan fingerprint density at radius 3 is 2.40 bits per heavy atom. The van der Waals surface area contributed by atoms with Crippen molar-refractivity contribution < 1.29 is 19.7 Å². The van der Waals surface area contributed by atoms with Gasteiger partial charge in [-0.3, -0.25) is 0 Å². The van der Waals surface area contributed by atoms with Crippen LogP contribution in [0.5, 0.6) is 0 Å². The summed E-state index contributed by atoms with van der Waals surface area (Å²) in [5.41, 5.74) is 0. The number of halogens is 1. The minimum Gasteiger partial charge on any atom is -0.456 e. The SMILES string of the molecule is O=C1O[C@H](CCl)[C@@H](O)[C@H]1O. The minimum absolute atomic E-state index is 0.00394. The maximum absolute atomic E-state index is 10.5. The average molecular weight is 167 g/mol. The fourth-order valence-electron chi connectivity index (χ4n) is 0.754. The largest absolute Gasteiger partial charge is 0.456 e. The molecule has 2 N–H and O–H groups in total. The van der Waals surface area contributed by atoms with Crippen LogP contribution >= 0.6 is 11.6 Å². The lowest BCUT2D eigenvalue weighted by Gasteiger charge is -2.07. The Morgan fingerprint density at radius 1 is 1.60 bits per heavy atom. The van der Waals surface area contributed by atoms with E-state index in [2.05, 4.69) is 4.74 Å². The van der Waals surface area contributed by atoms with Crippen LogP contribution in [-0.4, -0.2) is 40.4 Å². The summed E-state index contributed by atoms with van der Waals surface area (Å²) in [5.74, 6) is -0.803. The number of hydrogen-bond donors (Lipinski definition) is 2. The van der Waals surface area contributed by atoms with E-state index in [-0.39, 0.29) is 5.88 Å². The van der Waals surface area contributed by atoms with Gasteiger partial charge in [-0.05, 0) is 0 Å². The van der Waals surface area contributed by atoms with Crippen LogP contribution in [0.1, 0.15) is 0 Å². The van der Waals surface area contributed by atoms with Crippen molar-refractivity contribution in [1.82, 2.24) is 0 Å². The van der Waals surface area contributed by atoms with Crippen molar-refractivity contribution in [3.05, 3.63) is 0 Å². The van der Waals surface area contributed by atoms with Gasteiger partial charge in [-0.1, -0.05) is 0 Å². The van der Waals surface area contributed by atoms with E-state index in [0.29, 0.717) is 0 Å². The third kappa shape index (κ3) is 1.10. The fraction of sp³-hybridized carbons (Fsp3) is 0.800. The van der Waals surface area contributed by atoms with Crippen molar-refractivity contribution in [1.29, 1.82) is 0 Å². The second kappa shape index (κ2) is 2.74. The van der Waals surface area contributed by atoms with Crippen LogP contribution in [0.25, 0.3) is 0 Å². The Hall–Kier alpha value is -0.320. The van der Waals surface area contributed by atoms with E-state index >= 15 is 0 Å². The zero-order chi connectivity index (χ0) is 7.72. The van der Waals surface area contributed by atoms with Crippen molar-refractivity contribution in [2.45, 2.75) is 18.3 Å². The lowest BCUT2D eigenvalue weighted by molar-refractivity contribution is -0.146. The van der Waals surface area contributed by atoms with Crippen LogP contribution < -0.4 is 0 Å². The highest BCUT2D eigenvalue weighted by atomic mass is 35.5. The smallest absolute Gasteiger partial charge is 0.338 e. The number of hydrogen-bond acceptors (Lipinski definition) is 4. The molecule has 4 nitrogen and oxygen atoms in total. The Bertz CT molecular complexity index is 149. The molecule has 0 unspecified atom stereocenters. The molecule has 1 rings (SSSR count). The molecule has 0 amide bonds. The fourth-order valence-corrected chi connectivity index (χ4v) is 1.000. The number of rotatable bonds is 1. The maximum atomic E-state index is 10.5. The van der Waals surface area contributed by atoms with Gasteiger partial charge in [0.2, 0.25) is 0 Å². The molecule has 1 aliphatic heterocycles. The number of aliphatic hydroxyl groups is 2. The van der Waals surface area contributed by atoms with Crippen molar-refractivity contribution in [3.63, 3.8) is 0 Å². The third-order valence-corrected chi connectivity index (χ3v) is 1.67. The Balaban J connectivity index is 2.61. The van der Waals surface area contributed by atoms with Gasteiger partial charge in [-0.2, -0.15) is 0 Å². The highest BCUT2D eigenvalue weighted by Gasteiger charge is 2.41. The molecule has 10 heavy (non-hydrogen) atoms. The number of esters is 1. The van der Waals surface area contributed by atoms with E-state index in [4.69, 9.17) is 21.8 Å². The molecule has 1 saturated heterocycles. The molecule has 0 saturated carbocycles. The second-order valence-corrected chi connectivity index (χ2v) is 2.37. The summed E-state index contributed by atoms with van der Waals surface area (Å²) in [6.45, 7) is 0. The highest BCUT2D eigenvalue weighted by molar-refractivity contribution is 6.18. The van der Waals surface area contributed by atoms with Crippen LogP contribution in [-0.2, 0) is 9.53 Å². The number of carbonyl (C=O) groups is 1. The Morgan fingerprint density at radius 2 is 2.20 bits per heavy atom. The molecule has 0 aromatic heterocycles. The summed E-state index contributed by atoms with van der Waals surface area (Å²) in [4.78, 5) is 10.5. The Labute approximate surface area is 62.4 Å². The van der Waals surface area contributed by atoms with Crippen LogP contribution in [0.2, 0.25) is 0 Å². The first kappa shape index (κ1) is 7.78. The summed E-state index contributed by atoms with van der Waals surface area (Å²) in [7, 11) is 0. The predicted molar refractivity (Wildman–Crippen MR) is 32.6 cm³/mol. The molecule has 0 spiro atoms. The first-order valence-electron chi connectivity index (χ1n) is 2.79. The van der Waals surface area contributed by atoms with E-state index in [9.17, 15) is 4.79 Å². The maximum Gasteiger partial charge on any atom is 0.338 e. The van der Waals surface area contributed by atoms with Gasteiger partial charge in [-0.15, -0.1) is 11.6 Å². The second-order valence-electron chi connectivity index (χ2n) is 2.07. The lowest BCUT2D eigenvalue weighted by atomic mass is 10.2. The summed E-state index contributed by atoms with van der Waals surface area (Å²) in [5, 5.41) is 17.7. The number of carbonyl (C=O) groups excluding carboxylic acids is 1. The number of aliphatic hydroxyl groups excluding tert-OH is 2. The van der Waals surface area contributed by atoms with Gasteiger partial charge in [0.1, 0.15) is 12.2 Å². The monoisotopic (exact) mass is 166 g/mol. The van der Waals surface area contributed by atoms with Gasteiger partial charge in [0.15, 0.2) is 6.10 Å². The van der Waals surface area contributed by atoms with Gasteiger partial charge in [0.25, 0.3) is 0 Å². The molecule has 0 aliphatic carbocycles. The molecule has 0 aromatic carbocycles. The summed E-state index contributed by atoms with van der Waals surface area (Å²) in [6, 6.07) is 0. The first-order chi connectivity index (χ1) is 4.66. The van der Waals surface area contributed by atoms with E-state index < -0.39 is 24.3 Å². The van der Waals surface area contributed by atoms with E-state index in [0.717, 1.165) is 0 Å². The van der Waals surface area contributed by atoms with Crippen molar-refractivity contribution in [2.24, 2.45) is 0 Å². The lowest BCUT2D eigenvalue weighted by Crippen LogP contribution is -2.31. The van der Waals surface area contributed by atoms with Crippen molar-refractivity contribution >= 4 is 17.6 Å². The predicted octanol–water partition coefficient (Wildman–Crippen LogP) is -1.13. The molecular formula is C5H7ClO4. The zero-order valence-electron chi connectivity index (χ0n) is 5.03. The molecule has 1 heterocycles. The minimum atomic E-state index is -1.43. The average Bonchev–Trinajstić information content (AvgIpc) is 2.17. The highest BCUT2D eigenvalue weighted by Crippen LogP contribution is 2.16. The molecule has 58 valence electrons. The zero-order valence-corrected chi connectivity index (χ0v) is 5.78. The molecule has 0 radical (unpaired) electrons. The third-order valence-electron chi connectivity index (χ3n) is 1.37. The number of alkyl halides is 1. The van der Waals surface area contributed by atoms with Crippen LogP contribution in [0.15, 0.2) is 0 Å². The van der Waals surface area contributed by atoms with E-state index in [1.807, 2.05) is 0 Å². The molecule has 1 fully saturated rings. The van der Waals surface area contributed by atoms with Gasteiger partial charge in [0, 0.05) is 0 Å². The van der Waals surface area contributed by atoms with Gasteiger partial charge < -0.3 is 14.9 Å². The summed E-state index contributed by atoms with van der Waals surface area (Å²) in [6.07, 6.45) is -3.36. The topological polar surface area (TPSA) is 66.8 Å². The first-order valence-corrected chi connectivity index (χ1v) is 3.33. The summed E-state index contributed by atoms with van der Waals surface area (Å²) >= 11 is 5.28. The molecule has 1 aliphatic rings. The normalized spacial score (nSPS) is 39.9. The molecular weight excluding hydrogens is 160 g/mol. The van der Waals surface area contributed by atoms with Crippen LogP contribution in [0.4, 0.5) is 0 Å². The van der Waals surface area contributed by atoms with E-state index in [1.54, 1.807) is 0 Å². The molecule has 0 bridgehead atoms. The van der Waals surface area contributed by atoms with Crippen molar-refractivity contribution in [2.75, 3.05) is 5.88 Å². The van der Waals surface area contributed by atoms with Crippen LogP contribution in [0.3, 0.4) is 0 Å². The van der Waals surface area contributed by atoms with E-state index in [1.165, 1.54) is 0 Å². The van der Waals surface area contributed by atoms with Gasteiger partial charge >= 0.3 is 5.97 Å². The number of ether oxygens (including phenoxy) is 1. The van der Waals surface area contributed by atoms with Crippen molar-refractivity contribution in [3.8, 4) is 0 Å².